The first-order valence-electron chi connectivity index (χ1n) is 6.84. The molecule has 0 unspecified atom stereocenters. The van der Waals surface area contributed by atoms with Crippen molar-refractivity contribution in [1.29, 1.82) is 5.26 Å². The third-order valence-electron chi connectivity index (χ3n) is 3.55. The van der Waals surface area contributed by atoms with Crippen molar-refractivity contribution >= 4 is 5.78 Å². The zero-order valence-electron chi connectivity index (χ0n) is 12.8. The lowest BCUT2D eigenvalue weighted by Gasteiger charge is -2.10. The van der Waals surface area contributed by atoms with E-state index < -0.39 is 29.6 Å². The van der Waals surface area contributed by atoms with E-state index in [4.69, 9.17) is 5.26 Å². The molecular formula is C16H12F3N3O2. The van der Waals surface area contributed by atoms with Gasteiger partial charge in [0.1, 0.15) is 18.2 Å². The summed E-state index contributed by atoms with van der Waals surface area (Å²) in [5, 5.41) is 13.0. The van der Waals surface area contributed by atoms with Gasteiger partial charge in [-0.15, -0.1) is 0 Å². The number of aromatic nitrogens is 2. The van der Waals surface area contributed by atoms with E-state index in [2.05, 4.69) is 5.10 Å². The molecule has 0 amide bonds. The van der Waals surface area contributed by atoms with Crippen LogP contribution >= 0.6 is 0 Å². The van der Waals surface area contributed by atoms with Crippen LogP contribution in [0, 0.1) is 25.2 Å². The number of Topliss-reactive ketones (excluding diaryl/α,β-unsaturated/α-hetero) is 1. The third kappa shape index (κ3) is 3.35. The van der Waals surface area contributed by atoms with Gasteiger partial charge in [0.05, 0.1) is 11.3 Å². The number of benzene rings is 1. The molecule has 2 rings (SSSR count). The second-order valence-corrected chi connectivity index (χ2v) is 5.16. The maximum atomic E-state index is 12.7. The minimum absolute atomic E-state index is 0.139. The summed E-state index contributed by atoms with van der Waals surface area (Å²) in [4.78, 5) is 24.3. The lowest BCUT2D eigenvalue weighted by molar-refractivity contribution is -0.137. The molecule has 1 aromatic carbocycles. The highest BCUT2D eigenvalue weighted by Gasteiger charge is 2.31. The lowest BCUT2D eigenvalue weighted by atomic mass is 10.1. The molecule has 0 saturated carbocycles. The standard InChI is InChI=1S/C16H12F3N3O2/c1-9-10(2)21-22(15(24)13(9)7-20)8-14(23)11-4-3-5-12(6-11)16(17,18)19/h3-6H,8H2,1-2H3. The van der Waals surface area contributed by atoms with Crippen LogP contribution in [0.2, 0.25) is 0 Å². The van der Waals surface area contributed by atoms with Gasteiger partial charge in [-0.1, -0.05) is 12.1 Å². The fraction of sp³-hybridized carbons (Fsp3) is 0.250. The first-order valence-corrected chi connectivity index (χ1v) is 6.84. The fourth-order valence-corrected chi connectivity index (χ4v) is 2.11. The van der Waals surface area contributed by atoms with Crippen LogP contribution in [-0.2, 0) is 12.7 Å². The Morgan fingerprint density at radius 1 is 1.33 bits per heavy atom. The average Bonchev–Trinajstić information content (AvgIpc) is 2.52. The molecule has 0 aliphatic rings. The van der Waals surface area contributed by atoms with E-state index in [1.165, 1.54) is 6.07 Å². The zero-order valence-corrected chi connectivity index (χ0v) is 12.8. The van der Waals surface area contributed by atoms with Gasteiger partial charge in [-0.05, 0) is 31.5 Å². The van der Waals surface area contributed by atoms with Crippen molar-refractivity contribution in [2.75, 3.05) is 0 Å². The van der Waals surface area contributed by atoms with Crippen molar-refractivity contribution in [3.8, 4) is 6.07 Å². The van der Waals surface area contributed by atoms with Crippen LogP contribution in [0.15, 0.2) is 29.1 Å². The summed E-state index contributed by atoms with van der Waals surface area (Å²) in [7, 11) is 0. The first-order chi connectivity index (χ1) is 11.1. The molecule has 0 fully saturated rings. The van der Waals surface area contributed by atoms with Crippen molar-refractivity contribution < 1.29 is 18.0 Å². The Bertz CT molecular complexity index is 908. The van der Waals surface area contributed by atoms with Crippen LogP contribution in [0.25, 0.3) is 0 Å². The van der Waals surface area contributed by atoms with E-state index in [0.717, 1.165) is 22.9 Å². The summed E-state index contributed by atoms with van der Waals surface area (Å²) in [5.41, 5.74) is -1.23. The monoisotopic (exact) mass is 335 g/mol. The van der Waals surface area contributed by atoms with Crippen LogP contribution in [0.1, 0.15) is 32.7 Å². The Kier molecular flexibility index (Phi) is 4.55. The van der Waals surface area contributed by atoms with Crippen LogP contribution in [-0.4, -0.2) is 15.6 Å². The Morgan fingerprint density at radius 2 is 2.00 bits per heavy atom. The Balaban J connectivity index is 2.40. The number of ketones is 1. The molecule has 0 atom stereocenters. The molecule has 0 aliphatic carbocycles. The summed E-state index contributed by atoms with van der Waals surface area (Å²) in [6.07, 6.45) is -4.57. The number of rotatable bonds is 3. The maximum Gasteiger partial charge on any atom is 0.416 e. The van der Waals surface area contributed by atoms with Crippen molar-refractivity contribution in [2.24, 2.45) is 0 Å². The maximum absolute atomic E-state index is 12.7. The van der Waals surface area contributed by atoms with Crippen molar-refractivity contribution in [3.05, 3.63) is 62.6 Å². The molecule has 5 nitrogen and oxygen atoms in total. The van der Waals surface area contributed by atoms with E-state index in [-0.39, 0.29) is 11.1 Å². The molecule has 24 heavy (non-hydrogen) atoms. The number of alkyl halides is 3. The van der Waals surface area contributed by atoms with E-state index >= 15 is 0 Å². The van der Waals surface area contributed by atoms with Gasteiger partial charge in [0, 0.05) is 5.56 Å². The topological polar surface area (TPSA) is 75.8 Å². The van der Waals surface area contributed by atoms with Crippen LogP contribution in [0.5, 0.6) is 0 Å². The molecule has 0 radical (unpaired) electrons. The Labute approximate surface area is 135 Å². The third-order valence-corrected chi connectivity index (χ3v) is 3.55. The normalized spacial score (nSPS) is 11.2. The predicted molar refractivity (Wildman–Crippen MR) is 78.5 cm³/mol. The van der Waals surface area contributed by atoms with Gasteiger partial charge in [-0.3, -0.25) is 9.59 Å². The summed E-state index contributed by atoms with van der Waals surface area (Å²) >= 11 is 0. The molecule has 1 heterocycles. The lowest BCUT2D eigenvalue weighted by Crippen LogP contribution is -2.30. The van der Waals surface area contributed by atoms with Crippen LogP contribution < -0.4 is 5.56 Å². The van der Waals surface area contributed by atoms with E-state index in [1.54, 1.807) is 19.9 Å². The predicted octanol–water partition coefficient (Wildman–Crippen LogP) is 2.63. The van der Waals surface area contributed by atoms with Gasteiger partial charge in [0.25, 0.3) is 5.56 Å². The van der Waals surface area contributed by atoms with Crippen LogP contribution in [0.3, 0.4) is 0 Å². The molecule has 0 bridgehead atoms. The smallest absolute Gasteiger partial charge is 0.292 e. The van der Waals surface area contributed by atoms with Gasteiger partial charge >= 0.3 is 6.18 Å². The SMILES string of the molecule is Cc1nn(CC(=O)c2cccc(C(F)(F)F)c2)c(=O)c(C#N)c1C. The summed E-state index contributed by atoms with van der Waals surface area (Å²) in [6, 6.07) is 5.68. The highest BCUT2D eigenvalue weighted by Crippen LogP contribution is 2.29. The summed E-state index contributed by atoms with van der Waals surface area (Å²) in [5.74, 6) is -0.706. The van der Waals surface area contributed by atoms with E-state index in [0.29, 0.717) is 11.3 Å². The Hall–Kier alpha value is -2.95. The molecule has 0 spiro atoms. The quantitative estimate of drug-likeness (QED) is 0.808. The average molecular weight is 335 g/mol. The Morgan fingerprint density at radius 3 is 2.58 bits per heavy atom. The van der Waals surface area contributed by atoms with Gasteiger partial charge < -0.3 is 0 Å². The molecule has 8 heteroatoms. The largest absolute Gasteiger partial charge is 0.416 e. The number of hydrogen-bond donors (Lipinski definition) is 0. The minimum atomic E-state index is -4.57. The second-order valence-electron chi connectivity index (χ2n) is 5.16. The van der Waals surface area contributed by atoms with Crippen molar-refractivity contribution in [1.82, 2.24) is 9.78 Å². The number of nitrogens with zero attached hydrogens (tertiary/aromatic N) is 3. The number of nitriles is 1. The molecule has 0 aliphatic heterocycles. The highest BCUT2D eigenvalue weighted by atomic mass is 19.4. The summed E-state index contributed by atoms with van der Waals surface area (Å²) < 4.78 is 38.9. The van der Waals surface area contributed by atoms with Crippen LogP contribution in [0.4, 0.5) is 13.2 Å². The molecule has 2 aromatic rings. The van der Waals surface area contributed by atoms with Gasteiger partial charge in [-0.25, -0.2) is 4.68 Å². The van der Waals surface area contributed by atoms with E-state index in [9.17, 15) is 22.8 Å². The number of halogens is 3. The summed E-state index contributed by atoms with van der Waals surface area (Å²) in [6.45, 7) is 2.58. The first kappa shape index (κ1) is 17.4. The van der Waals surface area contributed by atoms with Gasteiger partial charge in [-0.2, -0.15) is 23.5 Å². The zero-order chi connectivity index (χ0) is 18.1. The fourth-order valence-electron chi connectivity index (χ4n) is 2.11. The molecule has 0 N–H and O–H groups in total. The number of aryl methyl sites for hydroxylation is 1. The highest BCUT2D eigenvalue weighted by molar-refractivity contribution is 5.96. The van der Waals surface area contributed by atoms with Gasteiger partial charge in [0.15, 0.2) is 5.78 Å². The molecule has 1 aromatic heterocycles. The van der Waals surface area contributed by atoms with Crippen molar-refractivity contribution in [2.45, 2.75) is 26.6 Å². The van der Waals surface area contributed by atoms with Crippen molar-refractivity contribution in [3.63, 3.8) is 0 Å². The number of carbonyl (C=O) groups excluding carboxylic acids is 1. The second kappa shape index (κ2) is 6.28. The molecule has 0 saturated heterocycles. The van der Waals surface area contributed by atoms with Gasteiger partial charge in [0.2, 0.25) is 0 Å². The number of hydrogen-bond acceptors (Lipinski definition) is 4. The molecule has 124 valence electrons. The number of carbonyl (C=O) groups is 1. The van der Waals surface area contributed by atoms with E-state index in [1.807, 2.05) is 0 Å². The molecular weight excluding hydrogens is 323 g/mol. The minimum Gasteiger partial charge on any atom is -0.292 e.